The van der Waals surface area contributed by atoms with Gasteiger partial charge in [-0.3, -0.25) is 14.4 Å². The molecule has 0 aliphatic carbocycles. The number of hydrogen-bond acceptors (Lipinski definition) is 7. The fraction of sp³-hybridized carbons (Fsp3) is 0.667. The quantitative estimate of drug-likeness (QED) is 0.207. The zero-order valence-corrected chi connectivity index (χ0v) is 25.5. The third-order valence-corrected chi connectivity index (χ3v) is 6.04. The first kappa shape index (κ1) is 34.7. The number of esters is 1. The van der Waals surface area contributed by atoms with Crippen molar-refractivity contribution in [3.05, 3.63) is 29.3 Å². The van der Waals surface area contributed by atoms with E-state index in [2.05, 4.69) is 10.6 Å². The van der Waals surface area contributed by atoms with Crippen molar-refractivity contribution in [2.24, 2.45) is 5.92 Å². The molecule has 0 radical (unpaired) electrons. The van der Waals surface area contributed by atoms with Crippen molar-refractivity contribution in [1.82, 2.24) is 15.5 Å². The number of nitrogens with one attached hydrogen (secondary N) is 2. The Bertz CT molecular complexity index is 988. The molecular weight excluding hydrogens is 514 g/mol. The number of ether oxygens (including phenoxy) is 2. The molecule has 0 fully saturated rings. The molecule has 0 heterocycles. The molecule has 3 N–H and O–H groups in total. The molecule has 1 aromatic carbocycles. The highest BCUT2D eigenvalue weighted by Gasteiger charge is 2.37. The first-order valence-corrected chi connectivity index (χ1v) is 14.2. The maximum atomic E-state index is 14.2. The van der Waals surface area contributed by atoms with E-state index in [0.717, 1.165) is 12.8 Å². The lowest BCUT2D eigenvalue weighted by molar-refractivity contribution is -0.144. The number of hydrogen-bond donors (Lipinski definition) is 3. The van der Waals surface area contributed by atoms with E-state index in [1.165, 1.54) is 4.90 Å². The summed E-state index contributed by atoms with van der Waals surface area (Å²) < 4.78 is 10.4. The number of unbranched alkanes of at least 4 members (excludes halogenated alkanes) is 2. The predicted molar refractivity (Wildman–Crippen MR) is 154 cm³/mol. The van der Waals surface area contributed by atoms with E-state index in [4.69, 9.17) is 9.47 Å². The summed E-state index contributed by atoms with van der Waals surface area (Å²) in [7, 11) is 0. The summed E-state index contributed by atoms with van der Waals surface area (Å²) in [6, 6.07) is 2.88. The molecule has 1 rings (SSSR count). The predicted octanol–water partition coefficient (Wildman–Crippen LogP) is 4.77. The number of benzene rings is 1. The first-order chi connectivity index (χ1) is 18.7. The van der Waals surface area contributed by atoms with E-state index in [-0.39, 0.29) is 43.3 Å². The molecule has 2 unspecified atom stereocenters. The number of rotatable bonds is 15. The molecule has 0 aliphatic heterocycles. The zero-order valence-electron chi connectivity index (χ0n) is 25.5. The molecule has 40 heavy (non-hydrogen) atoms. The lowest BCUT2D eigenvalue weighted by Crippen LogP contribution is -2.53. The van der Waals surface area contributed by atoms with Crippen LogP contribution in [0.3, 0.4) is 0 Å². The van der Waals surface area contributed by atoms with Gasteiger partial charge in [-0.25, -0.2) is 4.79 Å². The largest absolute Gasteiger partial charge is 0.507 e. The van der Waals surface area contributed by atoms with E-state index in [1.54, 1.807) is 52.8 Å². The fourth-order valence-electron chi connectivity index (χ4n) is 4.21. The molecule has 0 saturated heterocycles. The monoisotopic (exact) mass is 563 g/mol. The van der Waals surface area contributed by atoms with Crippen molar-refractivity contribution < 1.29 is 33.8 Å². The van der Waals surface area contributed by atoms with E-state index in [9.17, 15) is 24.3 Å². The number of aromatic hydroxyl groups is 1. The van der Waals surface area contributed by atoms with Crippen LogP contribution in [-0.2, 0) is 23.9 Å². The van der Waals surface area contributed by atoms with Crippen LogP contribution in [0, 0.1) is 12.8 Å². The van der Waals surface area contributed by atoms with Gasteiger partial charge in [0, 0.05) is 18.7 Å². The molecule has 3 amide bonds. The van der Waals surface area contributed by atoms with Gasteiger partial charge in [-0.1, -0.05) is 51.8 Å². The van der Waals surface area contributed by atoms with Gasteiger partial charge in [-0.15, -0.1) is 0 Å². The molecule has 0 aliphatic rings. The molecule has 2 atom stereocenters. The summed E-state index contributed by atoms with van der Waals surface area (Å²) in [6.07, 6.45) is 1.87. The molecule has 0 saturated carbocycles. The summed E-state index contributed by atoms with van der Waals surface area (Å²) in [6.45, 7) is 15.0. The topological polar surface area (TPSA) is 134 Å². The average Bonchev–Trinajstić information content (AvgIpc) is 2.83. The number of phenolic OH excluding ortho intramolecular Hbond substituents is 1. The highest BCUT2D eigenvalue weighted by Crippen LogP contribution is 2.33. The van der Waals surface area contributed by atoms with Gasteiger partial charge in [0.05, 0.1) is 13.0 Å². The van der Waals surface area contributed by atoms with E-state index >= 15 is 0 Å². The third kappa shape index (κ3) is 11.8. The van der Waals surface area contributed by atoms with Crippen LogP contribution in [0.1, 0.15) is 97.7 Å². The molecule has 10 nitrogen and oxygen atoms in total. The van der Waals surface area contributed by atoms with Crippen LogP contribution >= 0.6 is 0 Å². The Morgan fingerprint density at radius 2 is 1.75 bits per heavy atom. The van der Waals surface area contributed by atoms with Crippen molar-refractivity contribution in [2.45, 2.75) is 105 Å². The van der Waals surface area contributed by atoms with Crippen LogP contribution in [0.2, 0.25) is 0 Å². The summed E-state index contributed by atoms with van der Waals surface area (Å²) in [5, 5.41) is 16.4. The van der Waals surface area contributed by atoms with Crippen LogP contribution in [-0.4, -0.2) is 65.2 Å². The zero-order chi connectivity index (χ0) is 30.5. The van der Waals surface area contributed by atoms with Gasteiger partial charge in [0.25, 0.3) is 0 Å². The number of alkyl carbamates (subject to hydrolysis) is 1. The van der Waals surface area contributed by atoms with Gasteiger partial charge < -0.3 is 30.1 Å². The average molecular weight is 564 g/mol. The Morgan fingerprint density at radius 1 is 1.07 bits per heavy atom. The molecule has 0 bridgehead atoms. The van der Waals surface area contributed by atoms with Crippen molar-refractivity contribution in [2.75, 3.05) is 19.7 Å². The molecule has 226 valence electrons. The van der Waals surface area contributed by atoms with Crippen LogP contribution in [0.5, 0.6) is 5.75 Å². The minimum absolute atomic E-state index is 0.00329. The normalized spacial score (nSPS) is 12.8. The van der Waals surface area contributed by atoms with Gasteiger partial charge >= 0.3 is 12.1 Å². The minimum Gasteiger partial charge on any atom is -0.507 e. The number of amides is 3. The van der Waals surface area contributed by atoms with Crippen LogP contribution in [0.15, 0.2) is 18.2 Å². The number of nitrogens with zero attached hydrogens (tertiary/aromatic N) is 1. The Morgan fingerprint density at radius 3 is 2.33 bits per heavy atom. The summed E-state index contributed by atoms with van der Waals surface area (Å²) in [5.41, 5.74) is 0.0535. The van der Waals surface area contributed by atoms with Crippen LogP contribution < -0.4 is 10.6 Å². The molecular formula is C30H49N3O7. The Balaban J connectivity index is 3.51. The van der Waals surface area contributed by atoms with Gasteiger partial charge in [-0.05, 0) is 58.9 Å². The van der Waals surface area contributed by atoms with Crippen molar-refractivity contribution in [1.29, 1.82) is 0 Å². The van der Waals surface area contributed by atoms with E-state index < -0.39 is 41.6 Å². The van der Waals surface area contributed by atoms with Crippen LogP contribution in [0.4, 0.5) is 4.79 Å². The Kier molecular flexibility index (Phi) is 14.5. The van der Waals surface area contributed by atoms with Crippen molar-refractivity contribution in [3.8, 4) is 5.75 Å². The highest BCUT2D eigenvalue weighted by atomic mass is 16.6. The number of carbonyl (C=O) groups is 4. The molecule has 1 aromatic rings. The third-order valence-electron chi connectivity index (χ3n) is 6.04. The fourth-order valence-corrected chi connectivity index (χ4v) is 4.21. The minimum atomic E-state index is -1.19. The lowest BCUT2D eigenvalue weighted by atomic mass is 9.97. The lowest BCUT2D eigenvalue weighted by Gasteiger charge is -2.35. The van der Waals surface area contributed by atoms with E-state index in [1.807, 2.05) is 20.8 Å². The van der Waals surface area contributed by atoms with Crippen LogP contribution in [0.25, 0.3) is 0 Å². The Labute approximate surface area is 239 Å². The van der Waals surface area contributed by atoms with Gasteiger partial charge in [0.1, 0.15) is 23.4 Å². The summed E-state index contributed by atoms with van der Waals surface area (Å²) >= 11 is 0. The highest BCUT2D eigenvalue weighted by molar-refractivity contribution is 5.92. The molecule has 0 spiro atoms. The first-order valence-electron chi connectivity index (χ1n) is 14.2. The van der Waals surface area contributed by atoms with Gasteiger partial charge in [0.15, 0.2) is 0 Å². The maximum Gasteiger partial charge on any atom is 0.408 e. The number of aryl methyl sites for hydroxylation is 1. The van der Waals surface area contributed by atoms with Crippen molar-refractivity contribution >= 4 is 23.9 Å². The Hall–Kier alpha value is -3.30. The standard InChI is InChI=1S/C30H49N3O7/c1-9-11-12-18-33(28(37)23(19-20(3)4)32-29(38)40-30(6,7)8)25(22-15-13-14-21(5)26(22)35)27(36)31-17-16-24(34)39-10-2/h13-15,20,23,25,35H,9-12,16-19H2,1-8H3,(H,31,36)(H,32,38). The maximum absolute atomic E-state index is 14.2. The summed E-state index contributed by atoms with van der Waals surface area (Å²) in [4.78, 5) is 53.8. The second-order valence-corrected chi connectivity index (χ2v) is 11.3. The molecule has 0 aromatic heterocycles. The van der Waals surface area contributed by atoms with Gasteiger partial charge in [0.2, 0.25) is 11.8 Å². The number of phenols is 1. The van der Waals surface area contributed by atoms with Crippen molar-refractivity contribution in [3.63, 3.8) is 0 Å². The number of carbonyl (C=O) groups excluding carboxylic acids is 4. The SMILES string of the molecule is CCCCCN(C(=O)C(CC(C)C)NC(=O)OC(C)(C)C)C(C(=O)NCCC(=O)OCC)c1cccc(C)c1O. The van der Waals surface area contributed by atoms with Gasteiger partial charge in [-0.2, -0.15) is 0 Å². The van der Waals surface area contributed by atoms with E-state index in [0.29, 0.717) is 18.4 Å². The number of para-hydroxylation sites is 1. The molecule has 10 heteroatoms. The second kappa shape index (κ2) is 16.7. The second-order valence-electron chi connectivity index (χ2n) is 11.3. The summed E-state index contributed by atoms with van der Waals surface area (Å²) in [5.74, 6) is -1.50. The smallest absolute Gasteiger partial charge is 0.408 e.